The largest absolute Gasteiger partial charge is 0.508 e. The van der Waals surface area contributed by atoms with Crippen LogP contribution in [0.5, 0.6) is 5.75 Å². The molecule has 0 spiro atoms. The summed E-state index contributed by atoms with van der Waals surface area (Å²) in [4.78, 5) is 26.4. The maximum absolute atomic E-state index is 13.4. The average Bonchev–Trinajstić information content (AvgIpc) is 2.72. The lowest BCUT2D eigenvalue weighted by atomic mass is 9.78. The number of hydrogen-bond donors (Lipinski definition) is 2. The number of phenols is 1. The predicted molar refractivity (Wildman–Crippen MR) is 124 cm³/mol. The van der Waals surface area contributed by atoms with Crippen molar-refractivity contribution < 1.29 is 24.2 Å². The molecular formula is C27H29NO5. The number of phenolic OH excluding ortho intramolecular Hbond substituents is 1. The van der Waals surface area contributed by atoms with E-state index in [-0.39, 0.29) is 12.4 Å². The number of dihydropyridines is 1. The second kappa shape index (κ2) is 8.77. The van der Waals surface area contributed by atoms with Crippen LogP contribution in [0.2, 0.25) is 0 Å². The highest BCUT2D eigenvalue weighted by Gasteiger charge is 2.43. The summed E-state index contributed by atoms with van der Waals surface area (Å²) in [6, 6.07) is 10.8. The van der Waals surface area contributed by atoms with Gasteiger partial charge in [0.2, 0.25) is 0 Å². The Morgan fingerprint density at radius 3 is 2.48 bits per heavy atom. The first-order chi connectivity index (χ1) is 15.7. The van der Waals surface area contributed by atoms with Crippen molar-refractivity contribution in [3.05, 3.63) is 86.8 Å². The molecule has 2 N–H and O–H groups in total. The van der Waals surface area contributed by atoms with E-state index in [2.05, 4.69) is 17.4 Å². The van der Waals surface area contributed by atoms with Crippen molar-refractivity contribution >= 4 is 11.9 Å². The van der Waals surface area contributed by atoms with Gasteiger partial charge in [-0.2, -0.15) is 0 Å². The Morgan fingerprint density at radius 1 is 1.15 bits per heavy atom. The number of hydrogen-bond acceptors (Lipinski definition) is 6. The number of aryl methyl sites for hydroxylation is 3. The van der Waals surface area contributed by atoms with Gasteiger partial charge in [-0.25, -0.2) is 9.59 Å². The van der Waals surface area contributed by atoms with Gasteiger partial charge in [-0.15, -0.1) is 0 Å². The molecule has 6 heteroatoms. The van der Waals surface area contributed by atoms with Crippen LogP contribution in [0.15, 0.2) is 58.9 Å². The monoisotopic (exact) mass is 447 g/mol. The van der Waals surface area contributed by atoms with E-state index in [0.29, 0.717) is 28.8 Å². The van der Waals surface area contributed by atoms with E-state index in [1.807, 2.05) is 27.7 Å². The second-order valence-corrected chi connectivity index (χ2v) is 8.71. The van der Waals surface area contributed by atoms with Gasteiger partial charge in [0.15, 0.2) is 0 Å². The molecule has 0 radical (unpaired) electrons. The molecule has 2 aromatic rings. The van der Waals surface area contributed by atoms with Gasteiger partial charge in [0.1, 0.15) is 11.9 Å². The smallest absolute Gasteiger partial charge is 0.337 e. The van der Waals surface area contributed by atoms with Crippen LogP contribution >= 0.6 is 0 Å². The number of aromatic hydroxyl groups is 1. The molecule has 33 heavy (non-hydrogen) atoms. The number of rotatable bonds is 4. The SMILES string of the molecule is CCOC(=O)C1=C(C)NC2=C(C(=O)OC(c3c(C)cc(C)cc3C)C2)C1c1cccc(O)c1. The molecule has 2 aliphatic rings. The molecule has 2 heterocycles. The van der Waals surface area contributed by atoms with Crippen LogP contribution < -0.4 is 5.32 Å². The molecule has 2 aliphatic heterocycles. The third-order valence-electron chi connectivity index (χ3n) is 6.26. The van der Waals surface area contributed by atoms with Gasteiger partial charge in [0, 0.05) is 17.8 Å². The van der Waals surface area contributed by atoms with E-state index in [1.165, 1.54) is 0 Å². The standard InChI is InChI=1S/C27H29NO5/c1-6-32-26(30)23-17(5)28-20-13-21(22-15(3)10-14(2)11-16(22)4)33-27(31)25(20)24(23)18-8-7-9-19(29)12-18/h7-12,21,24,28-29H,6,13H2,1-5H3. The highest BCUT2D eigenvalue weighted by molar-refractivity contribution is 6.00. The summed E-state index contributed by atoms with van der Waals surface area (Å²) in [5.41, 5.74) is 7.04. The van der Waals surface area contributed by atoms with E-state index in [1.54, 1.807) is 31.2 Å². The maximum atomic E-state index is 13.4. The highest BCUT2D eigenvalue weighted by Crippen LogP contribution is 2.46. The van der Waals surface area contributed by atoms with Crippen molar-refractivity contribution in [1.82, 2.24) is 5.32 Å². The fourth-order valence-electron chi connectivity index (χ4n) is 5.10. The summed E-state index contributed by atoms with van der Waals surface area (Å²) in [6.07, 6.45) is 0.0420. The number of allylic oxidation sites excluding steroid dienone is 1. The minimum absolute atomic E-state index is 0.0574. The zero-order valence-electron chi connectivity index (χ0n) is 19.6. The number of carbonyl (C=O) groups excluding carboxylic acids is 2. The second-order valence-electron chi connectivity index (χ2n) is 8.71. The lowest BCUT2D eigenvalue weighted by Crippen LogP contribution is -2.37. The van der Waals surface area contributed by atoms with Gasteiger partial charge < -0.3 is 19.9 Å². The number of esters is 2. The lowest BCUT2D eigenvalue weighted by molar-refractivity contribution is -0.147. The first kappa shape index (κ1) is 22.6. The Morgan fingerprint density at radius 2 is 1.85 bits per heavy atom. The van der Waals surface area contributed by atoms with Crippen LogP contribution in [0.1, 0.15) is 60.1 Å². The number of nitrogens with one attached hydrogen (secondary N) is 1. The number of cyclic esters (lactones) is 1. The van der Waals surface area contributed by atoms with E-state index in [4.69, 9.17) is 9.47 Å². The third kappa shape index (κ3) is 4.13. The van der Waals surface area contributed by atoms with Gasteiger partial charge >= 0.3 is 11.9 Å². The summed E-state index contributed by atoms with van der Waals surface area (Å²) in [7, 11) is 0. The molecule has 4 rings (SSSR count). The molecule has 0 saturated carbocycles. The van der Waals surface area contributed by atoms with Gasteiger partial charge in [0.05, 0.1) is 23.7 Å². The number of benzene rings is 2. The fraction of sp³-hybridized carbons (Fsp3) is 0.333. The fourth-order valence-corrected chi connectivity index (χ4v) is 5.10. The van der Waals surface area contributed by atoms with Gasteiger partial charge in [-0.1, -0.05) is 29.8 Å². The molecule has 2 aromatic carbocycles. The minimum Gasteiger partial charge on any atom is -0.508 e. The summed E-state index contributed by atoms with van der Waals surface area (Å²) in [5, 5.41) is 13.4. The first-order valence-corrected chi connectivity index (χ1v) is 11.2. The predicted octanol–water partition coefficient (Wildman–Crippen LogP) is 4.78. The zero-order valence-corrected chi connectivity index (χ0v) is 19.6. The third-order valence-corrected chi connectivity index (χ3v) is 6.26. The van der Waals surface area contributed by atoms with E-state index >= 15 is 0 Å². The molecule has 2 atom stereocenters. The summed E-state index contributed by atoms with van der Waals surface area (Å²) in [6.45, 7) is 9.87. The Bertz CT molecular complexity index is 1180. The molecule has 0 fully saturated rings. The zero-order chi connectivity index (χ0) is 23.9. The van der Waals surface area contributed by atoms with Crippen LogP contribution in [0.3, 0.4) is 0 Å². The average molecular weight is 448 g/mol. The van der Waals surface area contributed by atoms with Gasteiger partial charge in [-0.05, 0) is 69.0 Å². The van der Waals surface area contributed by atoms with Crippen molar-refractivity contribution in [2.45, 2.75) is 53.1 Å². The van der Waals surface area contributed by atoms with E-state index < -0.39 is 24.0 Å². The molecule has 0 saturated heterocycles. The molecule has 0 bridgehead atoms. The Hall–Kier alpha value is -3.54. The Kier molecular flexibility index (Phi) is 6.02. The van der Waals surface area contributed by atoms with E-state index in [9.17, 15) is 14.7 Å². The van der Waals surface area contributed by atoms with Crippen LogP contribution in [-0.2, 0) is 19.1 Å². The first-order valence-electron chi connectivity index (χ1n) is 11.2. The molecule has 0 aliphatic carbocycles. The van der Waals surface area contributed by atoms with Gasteiger partial charge in [-0.3, -0.25) is 0 Å². The van der Waals surface area contributed by atoms with Crippen molar-refractivity contribution in [1.29, 1.82) is 0 Å². The molecule has 0 aromatic heterocycles. The molecule has 2 unspecified atom stereocenters. The van der Waals surface area contributed by atoms with Crippen molar-refractivity contribution in [2.24, 2.45) is 0 Å². The summed E-state index contributed by atoms with van der Waals surface area (Å²) in [5.74, 6) is -1.61. The summed E-state index contributed by atoms with van der Waals surface area (Å²) >= 11 is 0. The van der Waals surface area contributed by atoms with Crippen LogP contribution in [-0.4, -0.2) is 23.7 Å². The van der Waals surface area contributed by atoms with Gasteiger partial charge in [0.25, 0.3) is 0 Å². The molecule has 6 nitrogen and oxygen atoms in total. The Labute approximate surface area is 193 Å². The van der Waals surface area contributed by atoms with Crippen LogP contribution in [0.4, 0.5) is 0 Å². The van der Waals surface area contributed by atoms with E-state index in [0.717, 1.165) is 28.0 Å². The van der Waals surface area contributed by atoms with Crippen LogP contribution in [0, 0.1) is 20.8 Å². The lowest BCUT2D eigenvalue weighted by Gasteiger charge is -2.37. The van der Waals surface area contributed by atoms with Crippen LogP contribution in [0.25, 0.3) is 0 Å². The quantitative estimate of drug-likeness (QED) is 0.656. The molecule has 172 valence electrons. The maximum Gasteiger partial charge on any atom is 0.337 e. The topological polar surface area (TPSA) is 84.9 Å². The highest BCUT2D eigenvalue weighted by atomic mass is 16.5. The number of ether oxygens (including phenoxy) is 2. The minimum atomic E-state index is -0.693. The van der Waals surface area contributed by atoms with Crippen molar-refractivity contribution in [3.63, 3.8) is 0 Å². The molecule has 0 amide bonds. The molecular weight excluding hydrogens is 418 g/mol. The van der Waals surface area contributed by atoms with Crippen molar-refractivity contribution in [2.75, 3.05) is 6.61 Å². The number of carbonyl (C=O) groups is 2. The normalized spacial score (nSPS) is 20.2. The summed E-state index contributed by atoms with van der Waals surface area (Å²) < 4.78 is 11.3. The van der Waals surface area contributed by atoms with Crippen molar-refractivity contribution in [3.8, 4) is 5.75 Å². The Balaban J connectivity index is 1.83.